The molecular formula is C6H10N4O. The Morgan fingerprint density at radius 1 is 1.45 bits per heavy atom. The fourth-order valence-electron chi connectivity index (χ4n) is 1.21. The number of hydrogen-bond acceptors (Lipinski definition) is 5. The maximum Gasteiger partial charge on any atom is 0.260 e. The van der Waals surface area contributed by atoms with E-state index in [1.807, 2.05) is 0 Å². The Morgan fingerprint density at radius 2 is 2.18 bits per heavy atom. The van der Waals surface area contributed by atoms with Crippen LogP contribution in [0.5, 0.6) is 0 Å². The summed E-state index contributed by atoms with van der Waals surface area (Å²) >= 11 is 0. The van der Waals surface area contributed by atoms with Gasteiger partial charge in [0.05, 0.1) is 5.54 Å². The van der Waals surface area contributed by atoms with Gasteiger partial charge in [-0.25, -0.2) is 0 Å². The van der Waals surface area contributed by atoms with Gasteiger partial charge in [-0.1, -0.05) is 0 Å². The van der Waals surface area contributed by atoms with Crippen molar-refractivity contribution in [2.45, 2.75) is 24.8 Å². The van der Waals surface area contributed by atoms with E-state index in [0.29, 0.717) is 5.89 Å². The summed E-state index contributed by atoms with van der Waals surface area (Å²) in [6.07, 6.45) is 2.95. The Labute approximate surface area is 63.8 Å². The van der Waals surface area contributed by atoms with Gasteiger partial charge >= 0.3 is 0 Å². The van der Waals surface area contributed by atoms with Gasteiger partial charge in [-0.2, -0.15) is 4.98 Å². The lowest BCUT2D eigenvalue weighted by Gasteiger charge is -2.33. The van der Waals surface area contributed by atoms with Crippen molar-refractivity contribution in [2.75, 3.05) is 5.73 Å². The van der Waals surface area contributed by atoms with Crippen LogP contribution in [0.1, 0.15) is 25.2 Å². The van der Waals surface area contributed by atoms with E-state index >= 15 is 0 Å². The van der Waals surface area contributed by atoms with Crippen LogP contribution in [0.25, 0.3) is 0 Å². The molecule has 1 aliphatic carbocycles. The van der Waals surface area contributed by atoms with Crippen molar-refractivity contribution in [3.63, 3.8) is 0 Å². The number of nitrogen functional groups attached to an aromatic ring is 1. The molecule has 0 atom stereocenters. The fraction of sp³-hybridized carbons (Fsp3) is 0.667. The third-order valence-electron chi connectivity index (χ3n) is 2.11. The van der Waals surface area contributed by atoms with Crippen LogP contribution in [0.2, 0.25) is 0 Å². The van der Waals surface area contributed by atoms with Gasteiger partial charge in [0.15, 0.2) is 0 Å². The molecular weight excluding hydrogens is 144 g/mol. The van der Waals surface area contributed by atoms with Gasteiger partial charge < -0.3 is 16.0 Å². The lowest BCUT2D eigenvalue weighted by atomic mass is 9.78. The van der Waals surface area contributed by atoms with Crippen molar-refractivity contribution < 1.29 is 4.52 Å². The molecule has 2 rings (SSSR count). The van der Waals surface area contributed by atoms with Gasteiger partial charge in [0.1, 0.15) is 0 Å². The minimum atomic E-state index is -0.384. The van der Waals surface area contributed by atoms with Crippen molar-refractivity contribution in [2.24, 2.45) is 5.73 Å². The SMILES string of the molecule is Nc1noc(C2(N)CCC2)n1. The fourth-order valence-corrected chi connectivity index (χ4v) is 1.21. The van der Waals surface area contributed by atoms with E-state index in [-0.39, 0.29) is 11.5 Å². The van der Waals surface area contributed by atoms with E-state index in [1.54, 1.807) is 0 Å². The first kappa shape index (κ1) is 6.60. The second-order valence-corrected chi connectivity index (χ2v) is 2.97. The number of aromatic nitrogens is 2. The van der Waals surface area contributed by atoms with Crippen LogP contribution in [0, 0.1) is 0 Å². The zero-order valence-electron chi connectivity index (χ0n) is 6.08. The summed E-state index contributed by atoms with van der Waals surface area (Å²) < 4.78 is 4.86. The van der Waals surface area contributed by atoms with Gasteiger partial charge in [-0.15, -0.1) is 0 Å². The Morgan fingerprint density at radius 3 is 2.55 bits per heavy atom. The molecule has 60 valence electrons. The molecule has 5 heteroatoms. The first-order valence-electron chi connectivity index (χ1n) is 3.59. The second kappa shape index (κ2) is 1.94. The molecule has 0 saturated heterocycles. The average Bonchev–Trinajstić information content (AvgIpc) is 2.31. The predicted octanol–water partition coefficient (Wildman–Crippen LogP) is -0.0103. The first-order chi connectivity index (χ1) is 5.21. The predicted molar refractivity (Wildman–Crippen MR) is 38.4 cm³/mol. The van der Waals surface area contributed by atoms with Crippen molar-refractivity contribution in [1.29, 1.82) is 0 Å². The summed E-state index contributed by atoms with van der Waals surface area (Å²) in [6.45, 7) is 0. The Kier molecular flexibility index (Phi) is 1.17. The molecule has 0 amide bonds. The highest BCUT2D eigenvalue weighted by molar-refractivity contribution is 5.16. The van der Waals surface area contributed by atoms with Gasteiger partial charge in [-0.3, -0.25) is 0 Å². The number of hydrogen-bond donors (Lipinski definition) is 2. The molecule has 11 heavy (non-hydrogen) atoms. The molecule has 0 aliphatic heterocycles. The maximum absolute atomic E-state index is 5.89. The van der Waals surface area contributed by atoms with E-state index in [2.05, 4.69) is 10.1 Å². The molecule has 1 aromatic heterocycles. The van der Waals surface area contributed by atoms with Crippen LogP contribution in [-0.2, 0) is 5.54 Å². The third kappa shape index (κ3) is 0.883. The average molecular weight is 154 g/mol. The van der Waals surface area contributed by atoms with Gasteiger partial charge in [-0.05, 0) is 24.4 Å². The Balaban J connectivity index is 2.28. The van der Waals surface area contributed by atoms with Crippen molar-refractivity contribution >= 4 is 5.95 Å². The zero-order valence-corrected chi connectivity index (χ0v) is 6.08. The highest BCUT2D eigenvalue weighted by atomic mass is 16.5. The monoisotopic (exact) mass is 154 g/mol. The van der Waals surface area contributed by atoms with Crippen LogP contribution in [0.15, 0.2) is 4.52 Å². The van der Waals surface area contributed by atoms with E-state index < -0.39 is 0 Å². The van der Waals surface area contributed by atoms with Crippen LogP contribution in [-0.4, -0.2) is 10.1 Å². The minimum Gasteiger partial charge on any atom is -0.365 e. The summed E-state index contributed by atoms with van der Waals surface area (Å²) in [4.78, 5) is 3.88. The van der Waals surface area contributed by atoms with Gasteiger partial charge in [0.25, 0.3) is 5.95 Å². The summed E-state index contributed by atoms with van der Waals surface area (Å²) in [6, 6.07) is 0. The highest BCUT2D eigenvalue weighted by Gasteiger charge is 2.39. The van der Waals surface area contributed by atoms with E-state index in [1.165, 1.54) is 0 Å². The minimum absolute atomic E-state index is 0.164. The molecule has 1 aromatic rings. The second-order valence-electron chi connectivity index (χ2n) is 2.97. The molecule has 0 aromatic carbocycles. The van der Waals surface area contributed by atoms with Gasteiger partial charge in [0, 0.05) is 0 Å². The topological polar surface area (TPSA) is 91.0 Å². The molecule has 1 aliphatic rings. The number of nitrogens with zero attached hydrogens (tertiary/aromatic N) is 2. The van der Waals surface area contributed by atoms with E-state index in [0.717, 1.165) is 19.3 Å². The smallest absolute Gasteiger partial charge is 0.260 e. The maximum atomic E-state index is 5.89. The summed E-state index contributed by atoms with van der Waals surface area (Å²) in [5.41, 5.74) is 10.8. The number of rotatable bonds is 1. The van der Waals surface area contributed by atoms with Crippen LogP contribution < -0.4 is 11.5 Å². The normalized spacial score (nSPS) is 21.2. The molecule has 0 unspecified atom stereocenters. The molecule has 0 spiro atoms. The quantitative estimate of drug-likeness (QED) is 0.593. The van der Waals surface area contributed by atoms with E-state index in [4.69, 9.17) is 16.0 Å². The zero-order chi connectivity index (χ0) is 7.90. The lowest BCUT2D eigenvalue weighted by Crippen LogP contribution is -2.43. The van der Waals surface area contributed by atoms with Crippen molar-refractivity contribution in [1.82, 2.24) is 10.1 Å². The Bertz CT molecular complexity index is 265. The highest BCUT2D eigenvalue weighted by Crippen LogP contribution is 2.37. The van der Waals surface area contributed by atoms with Crippen molar-refractivity contribution in [3.05, 3.63) is 5.89 Å². The summed E-state index contributed by atoms with van der Waals surface area (Å²) in [5.74, 6) is 0.637. The first-order valence-corrected chi connectivity index (χ1v) is 3.59. The molecule has 0 bridgehead atoms. The van der Waals surface area contributed by atoms with Gasteiger partial charge in [0.2, 0.25) is 5.89 Å². The Hall–Kier alpha value is -1.10. The summed E-state index contributed by atoms with van der Waals surface area (Å²) in [7, 11) is 0. The van der Waals surface area contributed by atoms with Crippen LogP contribution in [0.3, 0.4) is 0 Å². The standard InChI is InChI=1S/C6H10N4O/c7-5-9-4(11-10-5)6(8)2-1-3-6/h1-3,8H2,(H2,7,10). The van der Waals surface area contributed by atoms with E-state index in [9.17, 15) is 0 Å². The molecule has 1 heterocycles. The summed E-state index contributed by atoms with van der Waals surface area (Å²) in [5, 5.41) is 3.48. The molecule has 0 radical (unpaired) electrons. The molecule has 4 N–H and O–H groups in total. The molecule has 1 fully saturated rings. The van der Waals surface area contributed by atoms with Crippen LogP contribution in [0.4, 0.5) is 5.95 Å². The van der Waals surface area contributed by atoms with Crippen molar-refractivity contribution in [3.8, 4) is 0 Å². The number of nitrogens with two attached hydrogens (primary N) is 2. The molecule has 1 saturated carbocycles. The van der Waals surface area contributed by atoms with Crippen LogP contribution >= 0.6 is 0 Å². The third-order valence-corrected chi connectivity index (χ3v) is 2.11. The molecule has 5 nitrogen and oxygen atoms in total. The lowest BCUT2D eigenvalue weighted by molar-refractivity contribution is 0.181. The largest absolute Gasteiger partial charge is 0.365 e. The number of anilines is 1.